The summed E-state index contributed by atoms with van der Waals surface area (Å²) in [6.07, 6.45) is 0.807. The molecule has 0 fully saturated rings. The molecule has 0 aliphatic carbocycles. The molecule has 0 saturated heterocycles. The summed E-state index contributed by atoms with van der Waals surface area (Å²) in [5, 5.41) is 2.95. The fourth-order valence-electron chi connectivity index (χ4n) is 2.16. The maximum absolute atomic E-state index is 11.5. The first-order valence-electron chi connectivity index (χ1n) is 6.41. The van der Waals surface area contributed by atoms with Crippen molar-refractivity contribution in [2.45, 2.75) is 26.3 Å². The first-order valence-corrected chi connectivity index (χ1v) is 6.41. The summed E-state index contributed by atoms with van der Waals surface area (Å²) < 4.78 is 1.86. The number of nitrogens with zero attached hydrogens (tertiary/aromatic N) is 2. The zero-order valence-corrected chi connectivity index (χ0v) is 12.4. The van der Waals surface area contributed by atoms with Crippen molar-refractivity contribution >= 4 is 11.7 Å². The normalized spacial score (nSPS) is 12.5. The zero-order chi connectivity index (χ0) is 14.6. The van der Waals surface area contributed by atoms with Gasteiger partial charge in [0, 0.05) is 26.6 Å². The van der Waals surface area contributed by atoms with Crippen LogP contribution in [0.4, 0.5) is 0 Å². The Balaban J connectivity index is 2.96. The Bertz CT molecular complexity index is 463. The van der Waals surface area contributed by atoms with Gasteiger partial charge in [-0.25, -0.2) is 0 Å². The second-order valence-electron chi connectivity index (χ2n) is 5.10. The van der Waals surface area contributed by atoms with E-state index < -0.39 is 0 Å². The van der Waals surface area contributed by atoms with Gasteiger partial charge in [-0.15, -0.1) is 0 Å². The average molecular weight is 265 g/mol. The van der Waals surface area contributed by atoms with Crippen LogP contribution >= 0.6 is 0 Å². The van der Waals surface area contributed by atoms with Crippen molar-refractivity contribution in [3.63, 3.8) is 0 Å². The first kappa shape index (κ1) is 15.4. The molecule has 1 aromatic rings. The van der Waals surface area contributed by atoms with Crippen LogP contribution in [0.25, 0.3) is 0 Å². The van der Waals surface area contributed by atoms with Crippen molar-refractivity contribution in [2.24, 2.45) is 7.05 Å². The number of carbonyl (C=O) groups is 2. The van der Waals surface area contributed by atoms with E-state index in [2.05, 4.69) is 10.2 Å². The summed E-state index contributed by atoms with van der Waals surface area (Å²) in [5.41, 5.74) is 1.62. The highest BCUT2D eigenvalue weighted by molar-refractivity contribution is 5.92. The van der Waals surface area contributed by atoms with Crippen LogP contribution < -0.4 is 5.32 Å². The third kappa shape index (κ3) is 4.21. The van der Waals surface area contributed by atoms with Crippen LogP contribution in [0.15, 0.2) is 12.1 Å². The molecular weight excluding hydrogens is 242 g/mol. The Labute approximate surface area is 114 Å². The molecule has 106 valence electrons. The number of nitrogens with one attached hydrogen (secondary N) is 1. The summed E-state index contributed by atoms with van der Waals surface area (Å²) >= 11 is 0. The van der Waals surface area contributed by atoms with Crippen LogP contribution in [0.5, 0.6) is 0 Å². The van der Waals surface area contributed by atoms with E-state index in [0.717, 1.165) is 18.7 Å². The van der Waals surface area contributed by atoms with E-state index in [4.69, 9.17) is 0 Å². The fraction of sp³-hybridized carbons (Fsp3) is 0.571. The highest BCUT2D eigenvalue weighted by Gasteiger charge is 2.18. The molecule has 0 aliphatic heterocycles. The second-order valence-corrected chi connectivity index (χ2v) is 5.10. The van der Waals surface area contributed by atoms with Gasteiger partial charge >= 0.3 is 0 Å². The van der Waals surface area contributed by atoms with Crippen LogP contribution in [-0.4, -0.2) is 41.8 Å². The molecule has 0 aliphatic rings. The lowest BCUT2D eigenvalue weighted by Crippen LogP contribution is -2.30. The average Bonchev–Trinajstić information content (AvgIpc) is 2.65. The van der Waals surface area contributed by atoms with Gasteiger partial charge in [0.2, 0.25) is 5.91 Å². The molecule has 0 bridgehead atoms. The molecule has 1 N–H and O–H groups in total. The van der Waals surface area contributed by atoms with E-state index in [1.165, 1.54) is 6.92 Å². The van der Waals surface area contributed by atoms with Gasteiger partial charge in [-0.1, -0.05) is 0 Å². The molecule has 1 atom stereocenters. The molecule has 1 amide bonds. The number of carbonyl (C=O) groups excluding carboxylic acids is 2. The van der Waals surface area contributed by atoms with Crippen LogP contribution in [0.3, 0.4) is 0 Å². The molecule has 19 heavy (non-hydrogen) atoms. The summed E-state index contributed by atoms with van der Waals surface area (Å²) in [4.78, 5) is 24.9. The maximum atomic E-state index is 11.5. The van der Waals surface area contributed by atoms with Crippen molar-refractivity contribution in [1.82, 2.24) is 14.8 Å². The third-order valence-electron chi connectivity index (χ3n) is 3.12. The van der Waals surface area contributed by atoms with Gasteiger partial charge in [0.05, 0.1) is 11.7 Å². The van der Waals surface area contributed by atoms with Crippen molar-refractivity contribution in [3.8, 4) is 0 Å². The zero-order valence-electron chi connectivity index (χ0n) is 12.4. The van der Waals surface area contributed by atoms with Crippen LogP contribution in [0.1, 0.15) is 42.5 Å². The number of amides is 1. The Morgan fingerprint density at radius 1 is 1.32 bits per heavy atom. The van der Waals surface area contributed by atoms with E-state index in [1.807, 2.05) is 37.8 Å². The Morgan fingerprint density at radius 2 is 1.95 bits per heavy atom. The lowest BCUT2D eigenvalue weighted by atomic mass is 10.1. The molecule has 5 nitrogen and oxygen atoms in total. The Kier molecular flexibility index (Phi) is 5.30. The molecular formula is C14H23N3O2. The minimum atomic E-state index is -0.0713. The highest BCUT2D eigenvalue weighted by atomic mass is 16.1. The standard InChI is InChI=1S/C14H23N3O2/c1-10(18)13-6-7-14(17(13)5)12(15-11(2)19)8-9-16(3)4/h6-7,12H,8-9H2,1-5H3,(H,15,19). The number of rotatable bonds is 6. The van der Waals surface area contributed by atoms with Gasteiger partial charge < -0.3 is 14.8 Å². The number of Topliss-reactive ketones (excluding diaryl/α,β-unsaturated/α-hetero) is 1. The number of aromatic nitrogens is 1. The van der Waals surface area contributed by atoms with Crippen molar-refractivity contribution < 1.29 is 9.59 Å². The SMILES string of the molecule is CC(=O)NC(CCN(C)C)c1ccc(C(C)=O)n1C. The number of hydrogen-bond donors (Lipinski definition) is 1. The lowest BCUT2D eigenvalue weighted by Gasteiger charge is -2.21. The summed E-state index contributed by atoms with van der Waals surface area (Å²) in [6.45, 7) is 3.93. The smallest absolute Gasteiger partial charge is 0.217 e. The predicted octanol–water partition coefficient (Wildman–Crippen LogP) is 1.36. The van der Waals surface area contributed by atoms with Gasteiger partial charge in [0.25, 0.3) is 0 Å². The number of hydrogen-bond acceptors (Lipinski definition) is 3. The molecule has 0 spiro atoms. The van der Waals surface area contributed by atoms with Gasteiger partial charge in [-0.05, 0) is 39.2 Å². The fourth-order valence-corrected chi connectivity index (χ4v) is 2.16. The monoisotopic (exact) mass is 265 g/mol. The second kappa shape index (κ2) is 6.52. The molecule has 0 aromatic carbocycles. The van der Waals surface area contributed by atoms with Crippen molar-refractivity contribution in [3.05, 3.63) is 23.5 Å². The summed E-state index contributed by atoms with van der Waals surface area (Å²) in [7, 11) is 5.85. The molecule has 1 heterocycles. The van der Waals surface area contributed by atoms with E-state index in [1.54, 1.807) is 6.92 Å². The van der Waals surface area contributed by atoms with Gasteiger partial charge in [0.1, 0.15) is 0 Å². The van der Waals surface area contributed by atoms with Crippen LogP contribution in [0, 0.1) is 0 Å². The Morgan fingerprint density at radius 3 is 2.37 bits per heavy atom. The van der Waals surface area contributed by atoms with Crippen LogP contribution in [-0.2, 0) is 11.8 Å². The van der Waals surface area contributed by atoms with Crippen molar-refractivity contribution in [2.75, 3.05) is 20.6 Å². The minimum Gasteiger partial charge on any atom is -0.348 e. The van der Waals surface area contributed by atoms with E-state index in [0.29, 0.717) is 5.69 Å². The lowest BCUT2D eigenvalue weighted by molar-refractivity contribution is -0.119. The molecule has 0 radical (unpaired) electrons. The minimum absolute atomic E-state index is 0.0305. The van der Waals surface area contributed by atoms with E-state index >= 15 is 0 Å². The first-order chi connectivity index (χ1) is 8.82. The molecule has 1 aromatic heterocycles. The van der Waals surface area contributed by atoms with Gasteiger partial charge in [-0.3, -0.25) is 9.59 Å². The topological polar surface area (TPSA) is 54.3 Å². The largest absolute Gasteiger partial charge is 0.348 e. The number of ketones is 1. The molecule has 0 saturated carbocycles. The van der Waals surface area contributed by atoms with Gasteiger partial charge in [-0.2, -0.15) is 0 Å². The van der Waals surface area contributed by atoms with Crippen LogP contribution in [0.2, 0.25) is 0 Å². The van der Waals surface area contributed by atoms with E-state index in [-0.39, 0.29) is 17.7 Å². The quantitative estimate of drug-likeness (QED) is 0.790. The summed E-state index contributed by atoms with van der Waals surface area (Å²) in [5.74, 6) is -0.0303. The Hall–Kier alpha value is -1.62. The van der Waals surface area contributed by atoms with E-state index in [9.17, 15) is 9.59 Å². The third-order valence-corrected chi connectivity index (χ3v) is 3.12. The highest BCUT2D eigenvalue weighted by Crippen LogP contribution is 2.20. The van der Waals surface area contributed by atoms with Gasteiger partial charge in [0.15, 0.2) is 5.78 Å². The molecule has 1 unspecified atom stereocenters. The molecule has 5 heteroatoms. The molecule has 1 rings (SSSR count). The summed E-state index contributed by atoms with van der Waals surface area (Å²) in [6, 6.07) is 3.65. The maximum Gasteiger partial charge on any atom is 0.217 e. The predicted molar refractivity (Wildman–Crippen MR) is 75.1 cm³/mol. The van der Waals surface area contributed by atoms with Crippen molar-refractivity contribution in [1.29, 1.82) is 0 Å².